The first kappa shape index (κ1) is 13.1. The second kappa shape index (κ2) is 5.56. The van der Waals surface area contributed by atoms with E-state index in [1.165, 1.54) is 0 Å². The largest absolute Gasteiger partial charge is 0.367 e. The Morgan fingerprint density at radius 1 is 1.11 bits per heavy atom. The highest BCUT2D eigenvalue weighted by Crippen LogP contribution is 2.11. The maximum Gasteiger partial charge on any atom is 0.216 e. The van der Waals surface area contributed by atoms with E-state index in [1.807, 2.05) is 6.07 Å². The monoisotopic (exact) mass is 284 g/mol. The molecule has 2 N–H and O–H groups in total. The van der Waals surface area contributed by atoms with Crippen LogP contribution in [0.25, 0.3) is 0 Å². The van der Waals surface area contributed by atoms with Gasteiger partial charge in [-0.05, 0) is 29.3 Å². The molecule has 1 aromatic carbocycles. The van der Waals surface area contributed by atoms with Crippen molar-refractivity contribution in [2.75, 3.05) is 0 Å². The maximum atomic E-state index is 11.8. The summed E-state index contributed by atoms with van der Waals surface area (Å²) in [5, 5.41) is 0.594. The Labute approximate surface area is 111 Å². The lowest BCUT2D eigenvalue weighted by atomic mass is 10.2. The summed E-state index contributed by atoms with van der Waals surface area (Å²) in [5.74, 6) is -0.0470. The zero-order valence-electron chi connectivity index (χ0n) is 9.56. The average Bonchev–Trinajstić information content (AvgIpc) is 2.83. The summed E-state index contributed by atoms with van der Waals surface area (Å²) < 4.78 is 26.2. The fourth-order valence-corrected chi connectivity index (χ4v) is 2.76. The molecule has 2 rings (SSSR count). The first-order valence-electron chi connectivity index (χ1n) is 5.39. The van der Waals surface area contributed by atoms with Crippen LogP contribution in [0.15, 0.2) is 42.7 Å². The van der Waals surface area contributed by atoms with Gasteiger partial charge in [0.05, 0.1) is 5.75 Å². The van der Waals surface area contributed by atoms with Gasteiger partial charge in [-0.3, -0.25) is 0 Å². The fourth-order valence-electron chi connectivity index (χ4n) is 1.51. The molecule has 0 atom stereocenters. The van der Waals surface area contributed by atoms with Gasteiger partial charge < -0.3 is 4.98 Å². The van der Waals surface area contributed by atoms with E-state index in [9.17, 15) is 8.42 Å². The number of halogens is 1. The van der Waals surface area contributed by atoms with Gasteiger partial charge in [-0.1, -0.05) is 23.7 Å². The van der Waals surface area contributed by atoms with Crippen molar-refractivity contribution in [1.29, 1.82) is 0 Å². The van der Waals surface area contributed by atoms with Gasteiger partial charge in [0.1, 0.15) is 0 Å². The third-order valence-electron chi connectivity index (χ3n) is 2.43. The van der Waals surface area contributed by atoms with Gasteiger partial charge >= 0.3 is 0 Å². The van der Waals surface area contributed by atoms with E-state index < -0.39 is 10.0 Å². The minimum Gasteiger partial charge on any atom is -0.367 e. The number of aromatic nitrogens is 1. The van der Waals surface area contributed by atoms with Gasteiger partial charge in [0.15, 0.2) is 0 Å². The molecule has 4 nitrogen and oxygen atoms in total. The van der Waals surface area contributed by atoms with Crippen molar-refractivity contribution in [3.63, 3.8) is 0 Å². The average molecular weight is 285 g/mol. The Hall–Kier alpha value is -1.30. The lowest BCUT2D eigenvalue weighted by molar-refractivity contribution is 0.580. The van der Waals surface area contributed by atoms with Gasteiger partial charge in [0.25, 0.3) is 0 Å². The van der Waals surface area contributed by atoms with Crippen LogP contribution in [0.4, 0.5) is 0 Å². The van der Waals surface area contributed by atoms with Crippen molar-refractivity contribution in [2.24, 2.45) is 0 Å². The van der Waals surface area contributed by atoms with E-state index >= 15 is 0 Å². The highest BCUT2D eigenvalue weighted by atomic mass is 35.5. The van der Waals surface area contributed by atoms with Crippen molar-refractivity contribution in [1.82, 2.24) is 9.71 Å². The molecule has 0 bridgehead atoms. The SMILES string of the molecule is O=S(=O)(Cc1ccc(Cl)cc1)NCc1cc[nH]c1. The molecule has 1 heterocycles. The van der Waals surface area contributed by atoms with Gasteiger partial charge in [-0.25, -0.2) is 13.1 Å². The molecule has 0 spiro atoms. The summed E-state index contributed by atoms with van der Waals surface area (Å²) in [5.41, 5.74) is 1.61. The standard InChI is InChI=1S/C12H13ClN2O2S/c13-12-3-1-10(2-4-12)9-18(16,17)15-8-11-5-6-14-7-11/h1-7,14-15H,8-9H2. The molecule has 96 valence electrons. The molecule has 0 aliphatic heterocycles. The number of rotatable bonds is 5. The van der Waals surface area contributed by atoms with Crippen molar-refractivity contribution in [2.45, 2.75) is 12.3 Å². The molecule has 1 aromatic heterocycles. The van der Waals surface area contributed by atoms with E-state index in [-0.39, 0.29) is 5.75 Å². The normalized spacial score (nSPS) is 11.6. The Bertz CT molecular complexity index is 592. The molecule has 6 heteroatoms. The molecule has 2 aromatic rings. The van der Waals surface area contributed by atoms with Crippen LogP contribution in [-0.2, 0) is 22.3 Å². The number of nitrogens with one attached hydrogen (secondary N) is 2. The van der Waals surface area contributed by atoms with Gasteiger partial charge in [-0.15, -0.1) is 0 Å². The first-order valence-corrected chi connectivity index (χ1v) is 7.42. The third kappa shape index (κ3) is 3.87. The van der Waals surface area contributed by atoms with Crippen LogP contribution < -0.4 is 4.72 Å². The minimum absolute atomic E-state index is 0.0470. The summed E-state index contributed by atoms with van der Waals surface area (Å²) in [6.07, 6.45) is 3.51. The van der Waals surface area contributed by atoms with Gasteiger partial charge in [-0.2, -0.15) is 0 Å². The van der Waals surface area contributed by atoms with Crippen LogP contribution >= 0.6 is 11.6 Å². The van der Waals surface area contributed by atoms with Crippen LogP contribution in [0.3, 0.4) is 0 Å². The number of sulfonamides is 1. The summed E-state index contributed by atoms with van der Waals surface area (Å²) >= 11 is 5.74. The summed E-state index contributed by atoms with van der Waals surface area (Å²) in [6.45, 7) is 0.291. The Balaban J connectivity index is 1.97. The topological polar surface area (TPSA) is 62.0 Å². The highest BCUT2D eigenvalue weighted by Gasteiger charge is 2.11. The zero-order chi connectivity index (χ0) is 13.0. The Kier molecular flexibility index (Phi) is 4.06. The highest BCUT2D eigenvalue weighted by molar-refractivity contribution is 7.88. The second-order valence-electron chi connectivity index (χ2n) is 3.93. The van der Waals surface area contributed by atoms with Crippen molar-refractivity contribution in [3.8, 4) is 0 Å². The molecular weight excluding hydrogens is 272 g/mol. The number of hydrogen-bond donors (Lipinski definition) is 2. The quantitative estimate of drug-likeness (QED) is 0.885. The van der Waals surface area contributed by atoms with Crippen molar-refractivity contribution < 1.29 is 8.42 Å². The third-order valence-corrected chi connectivity index (χ3v) is 3.98. The molecule has 0 radical (unpaired) electrons. The second-order valence-corrected chi connectivity index (χ2v) is 6.17. The number of benzene rings is 1. The van der Waals surface area contributed by atoms with Crippen LogP contribution in [0.1, 0.15) is 11.1 Å². The molecule has 0 saturated heterocycles. The smallest absolute Gasteiger partial charge is 0.216 e. The van der Waals surface area contributed by atoms with Crippen molar-refractivity contribution in [3.05, 3.63) is 58.9 Å². The fraction of sp³-hybridized carbons (Fsp3) is 0.167. The van der Waals surface area contributed by atoms with Crippen LogP contribution in [0, 0.1) is 0 Å². The summed E-state index contributed by atoms with van der Waals surface area (Å²) in [4.78, 5) is 2.87. The van der Waals surface area contributed by atoms with E-state index in [4.69, 9.17) is 11.6 Å². The Morgan fingerprint density at radius 2 is 1.83 bits per heavy atom. The number of H-pyrrole nitrogens is 1. The van der Waals surface area contributed by atoms with Gasteiger partial charge in [0.2, 0.25) is 10.0 Å². The molecule has 0 saturated carbocycles. The van der Waals surface area contributed by atoms with E-state index in [2.05, 4.69) is 9.71 Å². The van der Waals surface area contributed by atoms with Crippen LogP contribution in [-0.4, -0.2) is 13.4 Å². The zero-order valence-corrected chi connectivity index (χ0v) is 11.1. The number of hydrogen-bond acceptors (Lipinski definition) is 2. The molecular formula is C12H13ClN2O2S. The van der Waals surface area contributed by atoms with Crippen LogP contribution in [0.2, 0.25) is 5.02 Å². The molecule has 0 unspecified atom stereocenters. The molecule has 18 heavy (non-hydrogen) atoms. The predicted molar refractivity (Wildman–Crippen MR) is 71.7 cm³/mol. The minimum atomic E-state index is -3.33. The maximum absolute atomic E-state index is 11.8. The molecule has 0 amide bonds. The molecule has 0 aliphatic carbocycles. The van der Waals surface area contributed by atoms with E-state index in [0.29, 0.717) is 17.1 Å². The predicted octanol–water partition coefficient (Wildman–Crippen LogP) is 2.29. The van der Waals surface area contributed by atoms with E-state index in [0.717, 1.165) is 5.56 Å². The van der Waals surface area contributed by atoms with Crippen molar-refractivity contribution >= 4 is 21.6 Å². The molecule has 0 aliphatic rings. The number of aromatic amines is 1. The lowest BCUT2D eigenvalue weighted by Crippen LogP contribution is -2.24. The lowest BCUT2D eigenvalue weighted by Gasteiger charge is -2.06. The summed E-state index contributed by atoms with van der Waals surface area (Å²) in [7, 11) is -3.33. The first-order chi connectivity index (χ1) is 8.55. The van der Waals surface area contributed by atoms with E-state index in [1.54, 1.807) is 36.7 Å². The molecule has 0 fully saturated rings. The van der Waals surface area contributed by atoms with Gasteiger partial charge in [0, 0.05) is 24.0 Å². The summed E-state index contributed by atoms with van der Waals surface area (Å²) in [6, 6.07) is 8.59. The Morgan fingerprint density at radius 3 is 2.44 bits per heavy atom. The van der Waals surface area contributed by atoms with Crippen LogP contribution in [0.5, 0.6) is 0 Å².